The third kappa shape index (κ3) is 2.17. The Bertz CT molecular complexity index is 421. The summed E-state index contributed by atoms with van der Waals surface area (Å²) >= 11 is 0. The zero-order chi connectivity index (χ0) is 11.6. The molecule has 0 saturated carbocycles. The number of likely N-dealkylation sites (tertiary alicyclic amines) is 1. The number of nitrogens with zero attached hydrogens (tertiary/aromatic N) is 2. The first kappa shape index (κ1) is 11.0. The number of nitrogens with one attached hydrogen (secondary N) is 1. The molecule has 1 heterocycles. The van der Waals surface area contributed by atoms with E-state index in [1.807, 2.05) is 12.1 Å². The van der Waals surface area contributed by atoms with Crippen LogP contribution in [0.3, 0.4) is 0 Å². The van der Waals surface area contributed by atoms with Gasteiger partial charge < -0.3 is 10.2 Å². The number of benzene rings is 1. The van der Waals surface area contributed by atoms with Crippen LogP contribution in [0, 0.1) is 18.3 Å². The van der Waals surface area contributed by atoms with Crippen LogP contribution in [0.4, 0.5) is 5.69 Å². The topological polar surface area (TPSA) is 39.1 Å². The quantitative estimate of drug-likeness (QED) is 0.820. The first-order valence-corrected chi connectivity index (χ1v) is 5.58. The van der Waals surface area contributed by atoms with E-state index in [1.54, 1.807) is 0 Å². The van der Waals surface area contributed by atoms with Crippen LogP contribution < -0.4 is 5.32 Å². The predicted octanol–water partition coefficient (Wildman–Crippen LogP) is 2.00. The number of likely N-dealkylation sites (N-methyl/N-ethyl adjacent to an activating group) is 1. The van der Waals surface area contributed by atoms with Crippen molar-refractivity contribution in [3.8, 4) is 6.07 Å². The van der Waals surface area contributed by atoms with Crippen LogP contribution in [0.1, 0.15) is 12.0 Å². The number of hydrogen-bond donors (Lipinski definition) is 1. The molecule has 84 valence electrons. The van der Waals surface area contributed by atoms with Gasteiger partial charge in [0.25, 0.3) is 0 Å². The van der Waals surface area contributed by atoms with Crippen molar-refractivity contribution in [3.63, 3.8) is 0 Å². The second-order valence-electron chi connectivity index (χ2n) is 4.68. The fraction of sp³-hybridized carbons (Fsp3) is 0.462. The number of rotatable bonds is 2. The maximum atomic E-state index is 9.33. The van der Waals surface area contributed by atoms with Crippen LogP contribution in [0.15, 0.2) is 24.3 Å². The van der Waals surface area contributed by atoms with Gasteiger partial charge in [-0.05, 0) is 38.1 Å². The monoisotopic (exact) mass is 215 g/mol. The van der Waals surface area contributed by atoms with Gasteiger partial charge in [-0.15, -0.1) is 0 Å². The van der Waals surface area contributed by atoms with Gasteiger partial charge in [0.15, 0.2) is 0 Å². The summed E-state index contributed by atoms with van der Waals surface area (Å²) in [6.45, 7) is 3.83. The highest BCUT2D eigenvalue weighted by Gasteiger charge is 2.36. The molecule has 1 aromatic rings. The fourth-order valence-electron chi connectivity index (χ4n) is 2.22. The molecule has 0 bridgehead atoms. The Morgan fingerprint density at radius 2 is 2.31 bits per heavy atom. The highest BCUT2D eigenvalue weighted by Crippen LogP contribution is 2.25. The van der Waals surface area contributed by atoms with Gasteiger partial charge in [0.2, 0.25) is 0 Å². The van der Waals surface area contributed by atoms with E-state index in [0.29, 0.717) is 0 Å². The zero-order valence-electron chi connectivity index (χ0n) is 9.83. The van der Waals surface area contributed by atoms with Gasteiger partial charge in [-0.1, -0.05) is 12.1 Å². The van der Waals surface area contributed by atoms with Crippen molar-refractivity contribution in [3.05, 3.63) is 29.8 Å². The van der Waals surface area contributed by atoms with E-state index in [-0.39, 0.29) is 0 Å². The molecular formula is C13H17N3. The number of aryl methyl sites for hydroxylation is 1. The second kappa shape index (κ2) is 4.15. The smallest absolute Gasteiger partial charge is 0.139 e. The van der Waals surface area contributed by atoms with Crippen molar-refractivity contribution >= 4 is 5.69 Å². The van der Waals surface area contributed by atoms with Crippen molar-refractivity contribution in [2.75, 3.05) is 25.5 Å². The minimum absolute atomic E-state index is 0.414. The molecule has 16 heavy (non-hydrogen) atoms. The van der Waals surface area contributed by atoms with E-state index in [4.69, 9.17) is 0 Å². The Morgan fingerprint density at radius 1 is 1.50 bits per heavy atom. The molecular weight excluding hydrogens is 198 g/mol. The summed E-state index contributed by atoms with van der Waals surface area (Å²) in [5, 5.41) is 12.7. The fourth-order valence-corrected chi connectivity index (χ4v) is 2.22. The van der Waals surface area contributed by atoms with Crippen LogP contribution in [0.2, 0.25) is 0 Å². The number of hydrogen-bond acceptors (Lipinski definition) is 3. The summed E-state index contributed by atoms with van der Waals surface area (Å²) < 4.78 is 0. The van der Waals surface area contributed by atoms with Crippen molar-refractivity contribution in [2.24, 2.45) is 0 Å². The molecule has 0 radical (unpaired) electrons. The van der Waals surface area contributed by atoms with Gasteiger partial charge in [0.05, 0.1) is 6.07 Å². The average molecular weight is 215 g/mol. The van der Waals surface area contributed by atoms with E-state index in [2.05, 4.69) is 42.4 Å². The van der Waals surface area contributed by atoms with Crippen LogP contribution >= 0.6 is 0 Å². The lowest BCUT2D eigenvalue weighted by molar-refractivity contribution is 0.403. The van der Waals surface area contributed by atoms with Crippen LogP contribution in [-0.2, 0) is 0 Å². The molecule has 1 aromatic carbocycles. The Morgan fingerprint density at radius 3 is 2.88 bits per heavy atom. The van der Waals surface area contributed by atoms with Gasteiger partial charge in [0, 0.05) is 18.8 Å². The van der Waals surface area contributed by atoms with E-state index >= 15 is 0 Å². The minimum atomic E-state index is -0.414. The normalized spacial score (nSPS) is 25.3. The maximum Gasteiger partial charge on any atom is 0.139 e. The summed E-state index contributed by atoms with van der Waals surface area (Å²) in [4.78, 5) is 2.19. The Kier molecular flexibility index (Phi) is 2.84. The lowest BCUT2D eigenvalue weighted by Gasteiger charge is -2.23. The average Bonchev–Trinajstić information content (AvgIpc) is 2.61. The van der Waals surface area contributed by atoms with E-state index in [9.17, 15) is 5.26 Å². The van der Waals surface area contributed by atoms with Gasteiger partial charge >= 0.3 is 0 Å². The van der Waals surface area contributed by atoms with Crippen molar-refractivity contribution in [1.29, 1.82) is 5.26 Å². The van der Waals surface area contributed by atoms with Gasteiger partial charge in [0.1, 0.15) is 5.54 Å². The maximum absolute atomic E-state index is 9.33. The molecule has 1 N–H and O–H groups in total. The zero-order valence-corrected chi connectivity index (χ0v) is 9.83. The summed E-state index contributed by atoms with van der Waals surface area (Å²) in [6.07, 6.45) is 0.883. The molecule has 3 nitrogen and oxygen atoms in total. The van der Waals surface area contributed by atoms with E-state index in [1.165, 1.54) is 5.56 Å². The van der Waals surface area contributed by atoms with E-state index in [0.717, 1.165) is 25.2 Å². The summed E-state index contributed by atoms with van der Waals surface area (Å²) in [5.74, 6) is 0. The Balaban J connectivity index is 2.17. The van der Waals surface area contributed by atoms with Gasteiger partial charge in [-0.2, -0.15) is 5.26 Å². The molecule has 0 spiro atoms. The summed E-state index contributed by atoms with van der Waals surface area (Å²) in [7, 11) is 2.05. The van der Waals surface area contributed by atoms with Crippen LogP contribution in [-0.4, -0.2) is 30.6 Å². The molecule has 0 amide bonds. The standard InChI is InChI=1S/C13H17N3/c1-11-4-3-5-12(8-11)15-13(9-14)6-7-16(2)10-13/h3-5,8,15H,6-7,10H2,1-2H3. The van der Waals surface area contributed by atoms with Gasteiger partial charge in [-0.25, -0.2) is 0 Å². The third-order valence-corrected chi connectivity index (χ3v) is 3.08. The minimum Gasteiger partial charge on any atom is -0.366 e. The van der Waals surface area contributed by atoms with Crippen molar-refractivity contribution < 1.29 is 0 Å². The summed E-state index contributed by atoms with van der Waals surface area (Å²) in [5.41, 5.74) is 1.84. The number of anilines is 1. The molecule has 1 fully saturated rings. The molecule has 1 atom stereocenters. The predicted molar refractivity (Wildman–Crippen MR) is 65.3 cm³/mol. The molecule has 0 aromatic heterocycles. The molecule has 2 rings (SSSR count). The van der Waals surface area contributed by atoms with E-state index < -0.39 is 5.54 Å². The third-order valence-electron chi connectivity index (χ3n) is 3.08. The van der Waals surface area contributed by atoms with Crippen molar-refractivity contribution in [2.45, 2.75) is 18.9 Å². The second-order valence-corrected chi connectivity index (χ2v) is 4.68. The number of nitriles is 1. The lowest BCUT2D eigenvalue weighted by Crippen LogP contribution is -2.39. The van der Waals surface area contributed by atoms with Crippen LogP contribution in [0.5, 0.6) is 0 Å². The van der Waals surface area contributed by atoms with Crippen LogP contribution in [0.25, 0.3) is 0 Å². The van der Waals surface area contributed by atoms with Gasteiger partial charge in [-0.3, -0.25) is 0 Å². The van der Waals surface area contributed by atoms with Crippen molar-refractivity contribution in [1.82, 2.24) is 4.90 Å². The molecule has 3 heteroatoms. The highest BCUT2D eigenvalue weighted by molar-refractivity contribution is 5.50. The summed E-state index contributed by atoms with van der Waals surface area (Å²) in [6, 6.07) is 10.6. The SMILES string of the molecule is Cc1cccc(NC2(C#N)CCN(C)C2)c1. The molecule has 1 unspecified atom stereocenters. The molecule has 1 aliphatic rings. The highest BCUT2D eigenvalue weighted by atomic mass is 15.2. The lowest BCUT2D eigenvalue weighted by atomic mass is 10.00. The molecule has 1 saturated heterocycles. The Labute approximate surface area is 96.7 Å². The Hall–Kier alpha value is -1.53. The largest absolute Gasteiger partial charge is 0.366 e. The molecule has 0 aliphatic carbocycles. The first-order chi connectivity index (χ1) is 7.63. The molecule has 1 aliphatic heterocycles. The first-order valence-electron chi connectivity index (χ1n) is 5.58.